The SMILES string of the molecule is CC(C)(C)c1cc(CN2CCC[C@@H]2[C@@H]2CCCN2Cc2cc(C(C)(C)C)cc(C(C)(C)C)c2[O-])c([O-])c(C(C)(C)C)c1.CC(C)(C)c1cc(CN2CCC[C@@H]2[C@@H]2CCCN2Cc2cc(C(C)(C)C)cc(C(C)(C)C)c2[O-])c([O-])c(C(C)(C)C)c1.Cc1ccccc1.Cc1ccccc1.Cc1ccccc1.Cc1ccccc1.[OH-].[OH-].[Sm+3].[Sm+3]. The molecule has 4 aliphatic heterocycles. The van der Waals surface area contributed by atoms with Crippen LogP contribution in [-0.2, 0) is 69.5 Å². The van der Waals surface area contributed by atoms with Crippen molar-refractivity contribution in [3.8, 4) is 23.0 Å². The van der Waals surface area contributed by atoms with Crippen molar-refractivity contribution in [2.45, 2.75) is 339 Å². The van der Waals surface area contributed by atoms with E-state index < -0.39 is 0 Å². The molecule has 12 heteroatoms. The molecule has 4 aliphatic rings. The van der Waals surface area contributed by atoms with Gasteiger partial charge in [0.25, 0.3) is 0 Å². The van der Waals surface area contributed by atoms with E-state index in [1.54, 1.807) is 0 Å². The van der Waals surface area contributed by atoms with E-state index in [-0.39, 0.29) is 158 Å². The maximum Gasteiger partial charge on any atom is 3.00 e. The summed E-state index contributed by atoms with van der Waals surface area (Å²) in [6, 6.07) is 60.1. The van der Waals surface area contributed by atoms with Crippen LogP contribution >= 0.6 is 0 Å². The van der Waals surface area contributed by atoms with Crippen LogP contribution in [0.5, 0.6) is 23.0 Å². The molecule has 116 heavy (non-hydrogen) atoms. The zero-order chi connectivity index (χ0) is 83.3. The molecule has 2 N–H and O–H groups in total. The number of aryl methyl sites for hydroxylation is 4. The minimum atomic E-state index is -0.191. The summed E-state index contributed by atoms with van der Waals surface area (Å²) in [7, 11) is 0. The second-order valence-corrected chi connectivity index (χ2v) is 41.4. The molecule has 0 saturated carbocycles. The third-order valence-electron chi connectivity index (χ3n) is 23.2. The van der Waals surface area contributed by atoms with E-state index in [4.69, 9.17) is 0 Å². The van der Waals surface area contributed by atoms with Crippen LogP contribution in [0.1, 0.15) is 307 Å². The van der Waals surface area contributed by atoms with E-state index in [9.17, 15) is 20.4 Å². The molecule has 0 unspecified atom stereocenters. The fourth-order valence-corrected chi connectivity index (χ4v) is 16.1. The van der Waals surface area contributed by atoms with Crippen LogP contribution in [0.3, 0.4) is 0 Å². The largest absolute Gasteiger partial charge is 3.00 e. The Labute approximate surface area is 771 Å². The molecule has 10 nitrogen and oxygen atoms in total. The van der Waals surface area contributed by atoms with Gasteiger partial charge in [0, 0.05) is 50.3 Å². The zero-order valence-electron chi connectivity index (χ0n) is 76.9. The molecule has 4 fully saturated rings. The number of hydrogen-bond donors (Lipinski definition) is 0. The van der Waals surface area contributed by atoms with Gasteiger partial charge in [-0.2, -0.15) is 0 Å². The van der Waals surface area contributed by atoms with Crippen molar-refractivity contribution >= 4 is 0 Å². The number of hydrogen-bond acceptors (Lipinski definition) is 10. The van der Waals surface area contributed by atoms with Gasteiger partial charge in [0.1, 0.15) is 0 Å². The molecule has 0 spiro atoms. The second kappa shape index (κ2) is 45.0. The topological polar surface area (TPSA) is 165 Å². The molecule has 0 amide bonds. The third-order valence-corrected chi connectivity index (χ3v) is 23.2. The van der Waals surface area contributed by atoms with Crippen LogP contribution in [0.25, 0.3) is 0 Å². The standard InChI is InChI=1S/2C38H60N2O2.4C7H8.2H2O.2Sm/c2*1-35(2,3)27-19-25(33(41)29(21-27)37(7,8)9)23-39-17-13-15-31(39)32-16-14-18-40(32)24-26-20-28(36(4,5)6)22-30(34(26)42)38(10,11)12;4*1-7-5-3-2-4-6-7;;;;/h2*19-22,31-32,41-42H,13-18,23-24H2,1-12H3;4*2-6H,1H3;2*1H2;;/q;;;;;;;;2*+3/p-6/t2*31-,32+;;;;;;;;. The van der Waals surface area contributed by atoms with Gasteiger partial charge in [-0.15, -0.1) is 23.0 Å². The minimum Gasteiger partial charge on any atom is -0.872 e. The van der Waals surface area contributed by atoms with Crippen molar-refractivity contribution < 1.29 is 112 Å². The molecule has 0 aromatic heterocycles. The molecule has 8 aromatic rings. The Bertz CT molecular complexity index is 3690. The second-order valence-electron chi connectivity index (χ2n) is 41.4. The predicted octanol–water partition coefficient (Wildman–Crippen LogP) is 22.9. The van der Waals surface area contributed by atoms with E-state index in [1.165, 1.54) is 44.5 Å². The van der Waals surface area contributed by atoms with Crippen molar-refractivity contribution in [3.63, 3.8) is 0 Å². The van der Waals surface area contributed by atoms with Gasteiger partial charge in [0.05, 0.1) is 0 Å². The van der Waals surface area contributed by atoms with Crippen LogP contribution in [0, 0.1) is 108 Å². The third kappa shape index (κ3) is 31.1. The van der Waals surface area contributed by atoms with Crippen LogP contribution in [0.15, 0.2) is 170 Å². The first-order valence-electron chi connectivity index (χ1n) is 42.4. The molecule has 0 aliphatic carbocycles. The van der Waals surface area contributed by atoms with Gasteiger partial charge in [-0.05, 0) is 215 Å². The molecule has 4 saturated heterocycles. The Morgan fingerprint density at radius 1 is 0.250 bits per heavy atom. The van der Waals surface area contributed by atoms with Crippen LogP contribution in [-0.4, -0.2) is 80.9 Å². The van der Waals surface area contributed by atoms with Crippen LogP contribution in [0.4, 0.5) is 0 Å². The quantitative estimate of drug-likeness (QED) is 0.129. The summed E-state index contributed by atoms with van der Waals surface area (Å²) in [6.45, 7) is 68.0. The van der Waals surface area contributed by atoms with E-state index in [0.29, 0.717) is 50.3 Å². The van der Waals surface area contributed by atoms with E-state index in [1.807, 2.05) is 72.8 Å². The molecule has 8 aromatic carbocycles. The average molecular weight is 1850 g/mol. The fraction of sp³-hybridized carbons (Fsp3) is 0.538. The number of benzene rings is 8. The van der Waals surface area contributed by atoms with Gasteiger partial charge < -0.3 is 31.4 Å². The van der Waals surface area contributed by atoms with E-state index in [0.717, 1.165) is 122 Å². The van der Waals surface area contributed by atoms with Gasteiger partial charge in [0.2, 0.25) is 0 Å². The summed E-state index contributed by atoms with van der Waals surface area (Å²) in [6.07, 6.45) is 9.26. The van der Waals surface area contributed by atoms with Gasteiger partial charge in [-0.25, -0.2) is 0 Å². The summed E-state index contributed by atoms with van der Waals surface area (Å²) in [4.78, 5) is 10.3. The first-order valence-corrected chi connectivity index (χ1v) is 42.4. The fourth-order valence-electron chi connectivity index (χ4n) is 16.1. The number of rotatable bonds is 10. The van der Waals surface area contributed by atoms with E-state index >= 15 is 0 Å². The Morgan fingerprint density at radius 2 is 0.405 bits per heavy atom. The maximum absolute atomic E-state index is 13.8. The summed E-state index contributed by atoms with van der Waals surface area (Å²) >= 11 is 0. The first-order chi connectivity index (χ1) is 51.9. The number of likely N-dealkylation sites (tertiary alicyclic amines) is 4. The summed E-state index contributed by atoms with van der Waals surface area (Å²) in [5.74, 6) is 0.867. The van der Waals surface area contributed by atoms with Crippen LogP contribution < -0.4 is 20.4 Å². The predicted molar refractivity (Wildman–Crippen MR) is 475 cm³/mol. The molecule has 0 bridgehead atoms. The molecule has 4 atom stereocenters. The maximum atomic E-state index is 13.8. The first kappa shape index (κ1) is 106. The van der Waals surface area contributed by atoms with Crippen LogP contribution in [0.2, 0.25) is 0 Å². The summed E-state index contributed by atoms with van der Waals surface area (Å²) < 4.78 is 0. The Balaban J connectivity index is 0.000000435. The molecule has 634 valence electrons. The Hall–Kier alpha value is -4.60. The normalized spacial score (nSPS) is 17.6. The summed E-state index contributed by atoms with van der Waals surface area (Å²) in [5, 5.41) is 55.2. The molecule has 12 rings (SSSR count). The Morgan fingerprint density at radius 3 is 0.526 bits per heavy atom. The van der Waals surface area contributed by atoms with Gasteiger partial charge in [-0.3, -0.25) is 19.6 Å². The van der Waals surface area contributed by atoms with Gasteiger partial charge in [0.15, 0.2) is 0 Å². The molecule has 2 radical (unpaired) electrons. The van der Waals surface area contributed by atoms with E-state index in [2.05, 4.69) is 311 Å². The number of nitrogens with zero attached hydrogens (tertiary/aromatic N) is 4. The molecule has 4 heterocycles. The zero-order valence-corrected chi connectivity index (χ0v) is 82.2. The van der Waals surface area contributed by atoms with Crippen molar-refractivity contribution in [2.75, 3.05) is 26.2 Å². The Kier molecular flexibility index (Phi) is 40.9. The minimum absolute atomic E-state index is 0. The monoisotopic (exact) mass is 1850 g/mol. The smallest absolute Gasteiger partial charge is 0.872 e. The molecular formula is C104H150N4O6Sm2. The van der Waals surface area contributed by atoms with Gasteiger partial charge >= 0.3 is 80.8 Å². The van der Waals surface area contributed by atoms with Crippen molar-refractivity contribution in [3.05, 3.63) is 259 Å². The summed E-state index contributed by atoms with van der Waals surface area (Å²) in [5.41, 5.74) is 16.9. The average Bonchev–Trinajstić information content (AvgIpc) is 1.14. The van der Waals surface area contributed by atoms with Crippen molar-refractivity contribution in [1.29, 1.82) is 0 Å². The molecular weight excluding hydrogens is 1700 g/mol. The van der Waals surface area contributed by atoms with Gasteiger partial charge in [-0.1, -0.05) is 358 Å². The van der Waals surface area contributed by atoms with Crippen molar-refractivity contribution in [2.24, 2.45) is 0 Å². The van der Waals surface area contributed by atoms with Crippen molar-refractivity contribution in [1.82, 2.24) is 19.6 Å².